The maximum absolute atomic E-state index is 12.4. The van der Waals surface area contributed by atoms with E-state index in [4.69, 9.17) is 0 Å². The van der Waals surface area contributed by atoms with Crippen LogP contribution in [0.15, 0.2) is 30.3 Å². The fourth-order valence-electron chi connectivity index (χ4n) is 3.22. The number of nitrogens with one attached hydrogen (secondary N) is 2. The molecular weight excluding hydrogens is 264 g/mol. The highest BCUT2D eigenvalue weighted by atomic mass is 16.3. The molecule has 1 aromatic carbocycles. The minimum absolute atomic E-state index is 0.00848. The second-order valence-corrected chi connectivity index (χ2v) is 5.98. The van der Waals surface area contributed by atoms with Gasteiger partial charge in [-0.25, -0.2) is 0 Å². The number of aliphatic hydroxyl groups excluding tert-OH is 1. The first-order valence-electron chi connectivity index (χ1n) is 7.83. The minimum atomic E-state index is -0.323. The fourth-order valence-corrected chi connectivity index (χ4v) is 3.22. The molecule has 116 valence electrons. The molecule has 1 aliphatic rings. The zero-order chi connectivity index (χ0) is 15.1. The lowest BCUT2D eigenvalue weighted by atomic mass is 9.79. The van der Waals surface area contributed by atoms with Crippen LogP contribution in [-0.2, 0) is 4.79 Å². The van der Waals surface area contributed by atoms with Crippen molar-refractivity contribution < 1.29 is 9.90 Å². The zero-order valence-electron chi connectivity index (χ0n) is 12.8. The van der Waals surface area contributed by atoms with Crippen molar-refractivity contribution in [1.29, 1.82) is 0 Å². The summed E-state index contributed by atoms with van der Waals surface area (Å²) >= 11 is 0. The van der Waals surface area contributed by atoms with E-state index in [2.05, 4.69) is 10.6 Å². The van der Waals surface area contributed by atoms with E-state index in [1.165, 1.54) is 19.3 Å². The van der Waals surface area contributed by atoms with Crippen LogP contribution in [-0.4, -0.2) is 30.2 Å². The van der Waals surface area contributed by atoms with Gasteiger partial charge in [0.2, 0.25) is 5.91 Å². The summed E-state index contributed by atoms with van der Waals surface area (Å²) in [6.45, 7) is -0.0810. The number of hydrogen-bond donors (Lipinski definition) is 3. The molecule has 4 heteroatoms. The van der Waals surface area contributed by atoms with Crippen molar-refractivity contribution in [1.82, 2.24) is 10.6 Å². The normalized spacial score (nSPS) is 19.0. The molecule has 0 spiro atoms. The quantitative estimate of drug-likeness (QED) is 0.752. The molecule has 0 aromatic heterocycles. The van der Waals surface area contributed by atoms with Gasteiger partial charge in [-0.2, -0.15) is 0 Å². The van der Waals surface area contributed by atoms with Crippen molar-refractivity contribution in [2.75, 3.05) is 13.7 Å². The maximum atomic E-state index is 12.4. The van der Waals surface area contributed by atoms with Gasteiger partial charge in [-0.05, 0) is 25.5 Å². The highest BCUT2D eigenvalue weighted by molar-refractivity contribution is 5.77. The second kappa shape index (κ2) is 7.57. The van der Waals surface area contributed by atoms with Crippen LogP contribution in [0.3, 0.4) is 0 Å². The Labute approximate surface area is 126 Å². The highest BCUT2D eigenvalue weighted by Gasteiger charge is 2.33. The third-order valence-electron chi connectivity index (χ3n) is 4.56. The Morgan fingerprint density at radius 1 is 1.24 bits per heavy atom. The lowest BCUT2D eigenvalue weighted by Gasteiger charge is -2.37. The average Bonchev–Trinajstić information content (AvgIpc) is 2.54. The Morgan fingerprint density at radius 3 is 2.48 bits per heavy atom. The second-order valence-electron chi connectivity index (χ2n) is 5.98. The van der Waals surface area contributed by atoms with Crippen LogP contribution in [0.5, 0.6) is 0 Å². The summed E-state index contributed by atoms with van der Waals surface area (Å²) < 4.78 is 0. The number of carbonyl (C=O) groups is 1. The lowest BCUT2D eigenvalue weighted by Crippen LogP contribution is -2.48. The number of amides is 1. The molecule has 0 aliphatic heterocycles. The van der Waals surface area contributed by atoms with Gasteiger partial charge in [0.15, 0.2) is 0 Å². The van der Waals surface area contributed by atoms with E-state index in [9.17, 15) is 9.90 Å². The van der Waals surface area contributed by atoms with Gasteiger partial charge < -0.3 is 15.7 Å². The van der Waals surface area contributed by atoms with E-state index >= 15 is 0 Å². The molecule has 1 saturated carbocycles. The van der Waals surface area contributed by atoms with Crippen molar-refractivity contribution in [2.45, 2.75) is 50.1 Å². The third kappa shape index (κ3) is 4.29. The number of benzene rings is 1. The monoisotopic (exact) mass is 290 g/mol. The third-order valence-corrected chi connectivity index (χ3v) is 4.56. The van der Waals surface area contributed by atoms with Crippen LogP contribution in [0.25, 0.3) is 0 Å². The Morgan fingerprint density at radius 2 is 1.90 bits per heavy atom. The predicted molar refractivity (Wildman–Crippen MR) is 83.9 cm³/mol. The van der Waals surface area contributed by atoms with E-state index in [0.717, 1.165) is 18.4 Å². The van der Waals surface area contributed by atoms with Gasteiger partial charge in [0, 0.05) is 12.0 Å². The van der Waals surface area contributed by atoms with E-state index in [1.807, 2.05) is 37.4 Å². The van der Waals surface area contributed by atoms with Crippen molar-refractivity contribution in [3.05, 3.63) is 35.9 Å². The summed E-state index contributed by atoms with van der Waals surface area (Å²) in [5, 5.41) is 15.8. The molecule has 1 amide bonds. The van der Waals surface area contributed by atoms with Crippen molar-refractivity contribution >= 4 is 5.91 Å². The van der Waals surface area contributed by atoms with Gasteiger partial charge in [0.25, 0.3) is 0 Å². The van der Waals surface area contributed by atoms with Gasteiger partial charge in [-0.1, -0.05) is 49.6 Å². The number of hydrogen-bond acceptors (Lipinski definition) is 3. The van der Waals surface area contributed by atoms with E-state index in [0.29, 0.717) is 6.42 Å². The molecule has 1 aliphatic carbocycles. The number of rotatable bonds is 6. The molecule has 0 bridgehead atoms. The first-order chi connectivity index (χ1) is 10.2. The summed E-state index contributed by atoms with van der Waals surface area (Å²) in [6, 6.07) is 9.29. The molecule has 0 saturated heterocycles. The van der Waals surface area contributed by atoms with Gasteiger partial charge in [0.1, 0.15) is 0 Å². The van der Waals surface area contributed by atoms with Crippen LogP contribution >= 0.6 is 0 Å². The van der Waals surface area contributed by atoms with Gasteiger partial charge >= 0.3 is 0 Å². The number of aliphatic hydroxyl groups is 1. The van der Waals surface area contributed by atoms with E-state index in [1.54, 1.807) is 0 Å². The molecule has 1 fully saturated rings. The minimum Gasteiger partial charge on any atom is -0.394 e. The first kappa shape index (κ1) is 16.0. The predicted octanol–water partition coefficient (Wildman–Crippen LogP) is 2.15. The summed E-state index contributed by atoms with van der Waals surface area (Å²) in [6.07, 6.45) is 6.19. The highest BCUT2D eigenvalue weighted by Crippen LogP contribution is 2.30. The summed E-state index contributed by atoms with van der Waals surface area (Å²) in [4.78, 5) is 12.4. The molecule has 0 unspecified atom stereocenters. The largest absolute Gasteiger partial charge is 0.394 e. The molecule has 1 aromatic rings. The fraction of sp³-hybridized carbons (Fsp3) is 0.588. The molecule has 3 N–H and O–H groups in total. The molecule has 1 atom stereocenters. The summed E-state index contributed by atoms with van der Waals surface area (Å²) in [5.74, 6) is 0.00848. The van der Waals surface area contributed by atoms with Crippen molar-refractivity contribution in [3.8, 4) is 0 Å². The smallest absolute Gasteiger partial charge is 0.222 e. The standard InChI is InChI=1S/C17H26N2O2/c1-18-17(10-6-3-7-11-17)12-16(21)19-15(13-20)14-8-4-2-5-9-14/h2,4-5,8-9,15,18,20H,3,6-7,10-13H2,1H3,(H,19,21)/t15-/m0/s1. The molecule has 0 radical (unpaired) electrons. The molecule has 21 heavy (non-hydrogen) atoms. The first-order valence-corrected chi connectivity index (χ1v) is 7.83. The van der Waals surface area contributed by atoms with Crippen LogP contribution in [0.4, 0.5) is 0 Å². The summed E-state index contributed by atoms with van der Waals surface area (Å²) in [5.41, 5.74) is 0.870. The van der Waals surface area contributed by atoms with Crippen LogP contribution in [0.2, 0.25) is 0 Å². The Kier molecular flexibility index (Phi) is 5.76. The number of carbonyl (C=O) groups excluding carboxylic acids is 1. The molecular formula is C17H26N2O2. The van der Waals surface area contributed by atoms with Crippen molar-refractivity contribution in [2.24, 2.45) is 0 Å². The average molecular weight is 290 g/mol. The molecule has 4 nitrogen and oxygen atoms in total. The Hall–Kier alpha value is -1.39. The van der Waals surface area contributed by atoms with Crippen LogP contribution < -0.4 is 10.6 Å². The van der Waals surface area contributed by atoms with Crippen molar-refractivity contribution in [3.63, 3.8) is 0 Å². The topological polar surface area (TPSA) is 61.4 Å². The molecule has 0 heterocycles. The SMILES string of the molecule is CNC1(CC(=O)N[C@@H](CO)c2ccccc2)CCCCC1. The van der Waals surface area contributed by atoms with E-state index < -0.39 is 0 Å². The molecule has 2 rings (SSSR count). The maximum Gasteiger partial charge on any atom is 0.222 e. The zero-order valence-corrected chi connectivity index (χ0v) is 12.8. The lowest BCUT2D eigenvalue weighted by molar-refractivity contribution is -0.124. The van der Waals surface area contributed by atoms with Gasteiger partial charge in [0.05, 0.1) is 12.6 Å². The summed E-state index contributed by atoms with van der Waals surface area (Å²) in [7, 11) is 1.94. The Bertz CT molecular complexity index is 441. The van der Waals surface area contributed by atoms with E-state index in [-0.39, 0.29) is 24.1 Å². The van der Waals surface area contributed by atoms with Crippen LogP contribution in [0.1, 0.15) is 50.1 Å². The Balaban J connectivity index is 1.96. The van der Waals surface area contributed by atoms with Gasteiger partial charge in [-0.3, -0.25) is 4.79 Å². The van der Waals surface area contributed by atoms with Gasteiger partial charge in [-0.15, -0.1) is 0 Å². The van der Waals surface area contributed by atoms with Crippen LogP contribution in [0, 0.1) is 0 Å².